The molecule has 1 aliphatic heterocycles. The molecule has 1 amide bonds. The number of benzene rings is 1. The third-order valence-electron chi connectivity index (χ3n) is 6.80. The van der Waals surface area contributed by atoms with Crippen LogP contribution in [0.5, 0.6) is 5.75 Å². The minimum absolute atomic E-state index is 0.366. The van der Waals surface area contributed by atoms with Crippen LogP contribution in [-0.2, 0) is 16.1 Å². The van der Waals surface area contributed by atoms with Gasteiger partial charge >= 0.3 is 12.1 Å². The standard InChI is InChI=1S/C28H39ClN4O5/c1-16(2)38-27(36)33-23(19-10-9-13-30-25(19)32(6)7)22(21(28(3,4)5)24(33)26(34)35)31-15-17-11-12-18(29)14-20(17)37-8/h9-14,16,21-24,31H,15H2,1-8H3,(H,34,35). The average molecular weight is 547 g/mol. The van der Waals surface area contributed by atoms with E-state index in [4.69, 9.17) is 21.1 Å². The summed E-state index contributed by atoms with van der Waals surface area (Å²) in [5.41, 5.74) is 1.10. The Balaban J connectivity index is 2.22. The Labute approximate surface area is 230 Å². The van der Waals surface area contributed by atoms with Gasteiger partial charge in [-0.2, -0.15) is 0 Å². The van der Waals surface area contributed by atoms with Crippen molar-refractivity contribution < 1.29 is 24.2 Å². The van der Waals surface area contributed by atoms with E-state index in [2.05, 4.69) is 10.3 Å². The molecule has 10 heteroatoms. The SMILES string of the molecule is COc1cc(Cl)ccc1CNC1C(c2cccnc2N(C)C)N(C(=O)OC(C)C)C(C(=O)O)C1C(C)(C)C. The van der Waals surface area contributed by atoms with Crippen LogP contribution < -0.4 is 15.0 Å². The number of carbonyl (C=O) groups excluding carboxylic acids is 1. The maximum atomic E-state index is 13.6. The normalized spacial score (nSPS) is 21.5. The van der Waals surface area contributed by atoms with Gasteiger partial charge in [0.1, 0.15) is 17.6 Å². The molecule has 1 saturated heterocycles. The van der Waals surface area contributed by atoms with Crippen LogP contribution in [0.3, 0.4) is 0 Å². The molecule has 0 aliphatic carbocycles. The molecule has 1 fully saturated rings. The molecule has 38 heavy (non-hydrogen) atoms. The number of nitrogens with one attached hydrogen (secondary N) is 1. The molecule has 0 spiro atoms. The zero-order valence-electron chi connectivity index (χ0n) is 23.4. The Morgan fingerprint density at radius 2 is 1.92 bits per heavy atom. The molecular weight excluding hydrogens is 508 g/mol. The van der Waals surface area contributed by atoms with Gasteiger partial charge in [-0.25, -0.2) is 14.6 Å². The third-order valence-corrected chi connectivity index (χ3v) is 7.04. The summed E-state index contributed by atoms with van der Waals surface area (Å²) in [5, 5.41) is 14.7. The van der Waals surface area contributed by atoms with Crippen LogP contribution in [0.2, 0.25) is 5.02 Å². The third kappa shape index (κ3) is 6.15. The first-order chi connectivity index (χ1) is 17.8. The molecule has 0 radical (unpaired) electrons. The molecule has 4 atom stereocenters. The predicted molar refractivity (Wildman–Crippen MR) is 148 cm³/mol. The van der Waals surface area contributed by atoms with Crippen LogP contribution in [-0.4, -0.2) is 66.4 Å². The molecule has 0 saturated carbocycles. The number of aromatic nitrogens is 1. The highest BCUT2D eigenvalue weighted by Gasteiger charge is 2.59. The summed E-state index contributed by atoms with van der Waals surface area (Å²) in [6, 6.07) is 6.83. The number of halogens is 1. The second-order valence-electron chi connectivity index (χ2n) is 11.1. The van der Waals surface area contributed by atoms with Gasteiger partial charge in [0.15, 0.2) is 0 Å². The number of likely N-dealkylation sites (tertiary alicyclic amines) is 1. The zero-order chi connectivity index (χ0) is 28.4. The Morgan fingerprint density at radius 3 is 2.47 bits per heavy atom. The van der Waals surface area contributed by atoms with Crippen LogP contribution in [0.15, 0.2) is 36.5 Å². The number of nitrogens with zero attached hydrogens (tertiary/aromatic N) is 3. The van der Waals surface area contributed by atoms with Crippen molar-refractivity contribution in [3.8, 4) is 5.75 Å². The summed E-state index contributed by atoms with van der Waals surface area (Å²) in [6.07, 6.45) is 0.591. The number of anilines is 1. The van der Waals surface area contributed by atoms with Crippen molar-refractivity contribution in [3.63, 3.8) is 0 Å². The molecule has 208 valence electrons. The van der Waals surface area contributed by atoms with E-state index >= 15 is 0 Å². The number of ether oxygens (including phenoxy) is 2. The Kier molecular flexibility index (Phi) is 9.15. The number of hydrogen-bond acceptors (Lipinski definition) is 7. The highest BCUT2D eigenvalue weighted by atomic mass is 35.5. The van der Waals surface area contributed by atoms with E-state index in [9.17, 15) is 14.7 Å². The van der Waals surface area contributed by atoms with E-state index in [1.54, 1.807) is 45.4 Å². The second kappa shape index (κ2) is 11.8. The number of hydrogen-bond donors (Lipinski definition) is 2. The molecule has 2 N–H and O–H groups in total. The van der Waals surface area contributed by atoms with Gasteiger partial charge in [0.25, 0.3) is 0 Å². The lowest BCUT2D eigenvalue weighted by atomic mass is 9.72. The van der Waals surface area contributed by atoms with Crippen LogP contribution in [0.25, 0.3) is 0 Å². The molecule has 1 aliphatic rings. The largest absolute Gasteiger partial charge is 0.496 e. The lowest BCUT2D eigenvalue weighted by Gasteiger charge is -2.35. The number of carbonyl (C=O) groups is 2. The van der Waals surface area contributed by atoms with Crippen LogP contribution in [0.4, 0.5) is 10.6 Å². The van der Waals surface area contributed by atoms with Gasteiger partial charge in [-0.15, -0.1) is 0 Å². The fourth-order valence-corrected chi connectivity index (χ4v) is 5.54. The molecule has 1 aromatic heterocycles. The fourth-order valence-electron chi connectivity index (χ4n) is 5.37. The van der Waals surface area contributed by atoms with Crippen molar-refractivity contribution in [3.05, 3.63) is 52.7 Å². The van der Waals surface area contributed by atoms with Gasteiger partial charge in [-0.3, -0.25) is 4.90 Å². The number of methoxy groups -OCH3 is 1. The van der Waals surface area contributed by atoms with Crippen LogP contribution in [0, 0.1) is 11.3 Å². The second-order valence-corrected chi connectivity index (χ2v) is 11.6. The van der Waals surface area contributed by atoms with Gasteiger partial charge in [0.2, 0.25) is 0 Å². The number of carboxylic acids is 1. The maximum Gasteiger partial charge on any atom is 0.411 e. The summed E-state index contributed by atoms with van der Waals surface area (Å²) in [6.45, 7) is 9.85. The summed E-state index contributed by atoms with van der Waals surface area (Å²) < 4.78 is 11.2. The quantitative estimate of drug-likeness (QED) is 0.477. The van der Waals surface area contributed by atoms with E-state index in [-0.39, 0.29) is 0 Å². The number of carboxylic acid groups (broad SMARTS) is 1. The summed E-state index contributed by atoms with van der Waals surface area (Å²) in [4.78, 5) is 34.3. The monoisotopic (exact) mass is 546 g/mol. The Bertz CT molecular complexity index is 1150. The van der Waals surface area contributed by atoms with Crippen molar-refractivity contribution >= 4 is 29.5 Å². The summed E-state index contributed by atoms with van der Waals surface area (Å²) in [7, 11) is 5.32. The first kappa shape index (κ1) is 29.5. The van der Waals surface area contributed by atoms with Crippen LogP contribution >= 0.6 is 11.6 Å². The van der Waals surface area contributed by atoms with E-state index in [1.165, 1.54) is 4.90 Å². The minimum Gasteiger partial charge on any atom is -0.496 e. The predicted octanol–water partition coefficient (Wildman–Crippen LogP) is 4.99. The maximum absolute atomic E-state index is 13.6. The van der Waals surface area contributed by atoms with E-state index < -0.39 is 47.6 Å². The highest BCUT2D eigenvalue weighted by molar-refractivity contribution is 6.30. The summed E-state index contributed by atoms with van der Waals surface area (Å²) in [5.74, 6) is -0.292. The molecule has 3 rings (SSSR count). The van der Waals surface area contributed by atoms with Crippen molar-refractivity contribution in [1.29, 1.82) is 0 Å². The van der Waals surface area contributed by atoms with Gasteiger partial charge in [0.05, 0.1) is 19.3 Å². The highest BCUT2D eigenvalue weighted by Crippen LogP contribution is 2.49. The van der Waals surface area contributed by atoms with Gasteiger partial charge in [-0.1, -0.05) is 44.5 Å². The van der Waals surface area contributed by atoms with Crippen molar-refractivity contribution in [2.75, 3.05) is 26.1 Å². The lowest BCUT2D eigenvalue weighted by Crippen LogP contribution is -2.48. The van der Waals surface area contributed by atoms with Crippen LogP contribution in [0.1, 0.15) is 51.8 Å². The molecule has 0 bridgehead atoms. The zero-order valence-corrected chi connectivity index (χ0v) is 24.1. The fraction of sp³-hybridized carbons (Fsp3) is 0.536. The van der Waals surface area contributed by atoms with Crippen molar-refractivity contribution in [2.24, 2.45) is 11.3 Å². The number of pyridine rings is 1. The molecule has 2 aromatic rings. The number of amides is 1. The number of rotatable bonds is 8. The van der Waals surface area contributed by atoms with Crippen molar-refractivity contribution in [1.82, 2.24) is 15.2 Å². The summed E-state index contributed by atoms with van der Waals surface area (Å²) >= 11 is 6.17. The first-order valence-corrected chi connectivity index (χ1v) is 13.1. The molecule has 9 nitrogen and oxygen atoms in total. The smallest absolute Gasteiger partial charge is 0.411 e. The first-order valence-electron chi connectivity index (χ1n) is 12.7. The van der Waals surface area contributed by atoms with E-state index in [0.717, 1.165) is 11.1 Å². The molecule has 4 unspecified atom stereocenters. The van der Waals surface area contributed by atoms with Gasteiger partial charge in [-0.05, 0) is 37.5 Å². The molecular formula is C28H39ClN4O5. The molecule has 1 aromatic carbocycles. The Morgan fingerprint density at radius 1 is 1.24 bits per heavy atom. The van der Waals surface area contributed by atoms with Gasteiger partial charge < -0.3 is 24.8 Å². The van der Waals surface area contributed by atoms with E-state index in [0.29, 0.717) is 23.1 Å². The molecule has 2 heterocycles. The minimum atomic E-state index is -1.13. The Hall–Kier alpha value is -3.04. The topological polar surface area (TPSA) is 104 Å². The van der Waals surface area contributed by atoms with Gasteiger partial charge in [0, 0.05) is 54.9 Å². The van der Waals surface area contributed by atoms with E-state index in [1.807, 2.05) is 51.9 Å². The average Bonchev–Trinajstić information content (AvgIpc) is 3.18. The van der Waals surface area contributed by atoms with Crippen molar-refractivity contribution in [2.45, 2.75) is 65.4 Å². The number of aliphatic carboxylic acids is 1. The lowest BCUT2D eigenvalue weighted by molar-refractivity contribution is -0.144.